The maximum Gasteiger partial charge on any atom is 0.266 e. The van der Waals surface area contributed by atoms with E-state index in [2.05, 4.69) is 9.88 Å². The van der Waals surface area contributed by atoms with E-state index in [0.717, 1.165) is 22.7 Å². The van der Waals surface area contributed by atoms with Crippen LogP contribution < -0.4 is 10.1 Å². The number of furan rings is 1. The van der Waals surface area contributed by atoms with Gasteiger partial charge in [-0.05, 0) is 55.8 Å². The van der Waals surface area contributed by atoms with E-state index in [1.54, 1.807) is 30.5 Å². The minimum Gasteiger partial charge on any atom is -0.495 e. The van der Waals surface area contributed by atoms with Gasteiger partial charge in [0.1, 0.15) is 23.2 Å². The molecule has 0 saturated carbocycles. The fourth-order valence-corrected chi connectivity index (χ4v) is 3.02. The van der Waals surface area contributed by atoms with Crippen LogP contribution in [-0.4, -0.2) is 17.6 Å². The van der Waals surface area contributed by atoms with Gasteiger partial charge in [-0.3, -0.25) is 4.79 Å². The van der Waals surface area contributed by atoms with E-state index in [1.807, 2.05) is 44.2 Å². The Hall–Kier alpha value is -3.72. The van der Waals surface area contributed by atoms with Crippen molar-refractivity contribution in [1.82, 2.24) is 4.57 Å². The largest absolute Gasteiger partial charge is 0.495 e. The molecule has 1 aromatic carbocycles. The second-order valence-electron chi connectivity index (χ2n) is 6.32. The summed E-state index contributed by atoms with van der Waals surface area (Å²) in [7, 11) is 1.53. The highest BCUT2D eigenvalue weighted by molar-refractivity contribution is 6.10. The lowest BCUT2D eigenvalue weighted by Crippen LogP contribution is -2.14. The highest BCUT2D eigenvalue weighted by atomic mass is 16.5. The first-order valence-corrected chi connectivity index (χ1v) is 8.78. The summed E-state index contributed by atoms with van der Waals surface area (Å²) in [5, 5.41) is 12.2. The summed E-state index contributed by atoms with van der Waals surface area (Å²) in [5.74, 6) is 0.888. The van der Waals surface area contributed by atoms with Crippen LogP contribution in [0.3, 0.4) is 0 Å². The molecule has 0 spiro atoms. The molecule has 6 heteroatoms. The Labute approximate surface area is 163 Å². The first-order valence-electron chi connectivity index (χ1n) is 8.78. The molecule has 0 aliphatic heterocycles. The van der Waals surface area contributed by atoms with Crippen molar-refractivity contribution in [3.8, 4) is 11.8 Å². The Kier molecular flexibility index (Phi) is 5.66. The van der Waals surface area contributed by atoms with Crippen molar-refractivity contribution in [2.45, 2.75) is 20.4 Å². The maximum absolute atomic E-state index is 12.6. The first kappa shape index (κ1) is 19.1. The number of hydrogen-bond acceptors (Lipinski definition) is 4. The number of rotatable bonds is 6. The van der Waals surface area contributed by atoms with Crippen LogP contribution in [0.4, 0.5) is 5.69 Å². The van der Waals surface area contributed by atoms with Gasteiger partial charge in [-0.15, -0.1) is 0 Å². The molecule has 0 unspecified atom stereocenters. The van der Waals surface area contributed by atoms with E-state index in [9.17, 15) is 10.1 Å². The van der Waals surface area contributed by atoms with E-state index in [4.69, 9.17) is 9.15 Å². The van der Waals surface area contributed by atoms with E-state index in [-0.39, 0.29) is 5.57 Å². The summed E-state index contributed by atoms with van der Waals surface area (Å²) in [6, 6.07) is 14.8. The Balaban J connectivity index is 1.86. The van der Waals surface area contributed by atoms with Crippen LogP contribution in [0, 0.1) is 25.2 Å². The molecule has 3 aromatic rings. The number of anilines is 1. The molecule has 0 aliphatic rings. The van der Waals surface area contributed by atoms with Crippen LogP contribution in [0.25, 0.3) is 6.08 Å². The molecule has 0 radical (unpaired) electrons. The number of nitriles is 1. The van der Waals surface area contributed by atoms with Crippen LogP contribution in [0.5, 0.6) is 5.75 Å². The molecule has 3 rings (SSSR count). The van der Waals surface area contributed by atoms with Gasteiger partial charge in [0, 0.05) is 11.4 Å². The van der Waals surface area contributed by atoms with Gasteiger partial charge in [-0.25, -0.2) is 0 Å². The normalized spacial score (nSPS) is 11.1. The second kappa shape index (κ2) is 8.31. The summed E-state index contributed by atoms with van der Waals surface area (Å²) in [4.78, 5) is 12.6. The number of methoxy groups -OCH3 is 1. The molecule has 6 nitrogen and oxygen atoms in total. The number of amides is 1. The SMILES string of the molecule is COc1ccccc1NC(=O)/C(C#N)=C/c1cc(C)n(Cc2ccco2)c1C. The molecular formula is C22H21N3O3. The van der Waals surface area contributed by atoms with Crippen LogP contribution in [-0.2, 0) is 11.3 Å². The van der Waals surface area contributed by atoms with E-state index >= 15 is 0 Å². The third-order valence-electron chi connectivity index (χ3n) is 4.53. The monoisotopic (exact) mass is 375 g/mol. The number of ether oxygens (including phenoxy) is 1. The molecule has 28 heavy (non-hydrogen) atoms. The number of benzene rings is 1. The molecule has 0 fully saturated rings. The van der Waals surface area contributed by atoms with Crippen molar-refractivity contribution in [3.63, 3.8) is 0 Å². The third-order valence-corrected chi connectivity index (χ3v) is 4.53. The zero-order chi connectivity index (χ0) is 20.1. The quantitative estimate of drug-likeness (QED) is 0.514. The van der Waals surface area contributed by atoms with Gasteiger partial charge in [0.2, 0.25) is 0 Å². The molecule has 0 saturated heterocycles. The molecule has 1 N–H and O–H groups in total. The Morgan fingerprint density at radius 2 is 2.07 bits per heavy atom. The summed E-state index contributed by atoms with van der Waals surface area (Å²) in [6.45, 7) is 4.52. The molecule has 0 atom stereocenters. The van der Waals surface area contributed by atoms with E-state index in [0.29, 0.717) is 18.0 Å². The van der Waals surface area contributed by atoms with Crippen molar-refractivity contribution in [2.75, 3.05) is 12.4 Å². The minimum atomic E-state index is -0.483. The number of hydrogen-bond donors (Lipinski definition) is 1. The number of carbonyl (C=O) groups excluding carboxylic acids is 1. The van der Waals surface area contributed by atoms with Crippen molar-refractivity contribution >= 4 is 17.7 Å². The predicted octanol–water partition coefficient (Wildman–Crippen LogP) is 4.30. The lowest BCUT2D eigenvalue weighted by Gasteiger charge is -2.09. The van der Waals surface area contributed by atoms with E-state index in [1.165, 1.54) is 7.11 Å². The van der Waals surface area contributed by atoms with Gasteiger partial charge in [0.05, 0.1) is 25.6 Å². The van der Waals surface area contributed by atoms with Gasteiger partial charge in [-0.1, -0.05) is 12.1 Å². The highest BCUT2D eigenvalue weighted by Gasteiger charge is 2.15. The van der Waals surface area contributed by atoms with Crippen LogP contribution in [0.1, 0.15) is 22.7 Å². The summed E-state index contributed by atoms with van der Waals surface area (Å²) >= 11 is 0. The van der Waals surface area contributed by atoms with Crippen LogP contribution >= 0.6 is 0 Å². The standard InChI is InChI=1S/C22H21N3O3/c1-15-11-17(16(2)25(15)14-19-7-6-10-28-19)12-18(13-23)22(26)24-20-8-4-5-9-21(20)27-3/h4-12H,14H2,1-3H3,(H,24,26)/b18-12+. The van der Waals surface area contributed by atoms with Gasteiger partial charge in [0.15, 0.2) is 0 Å². The molecule has 2 aromatic heterocycles. The molecule has 142 valence electrons. The molecule has 2 heterocycles. The Bertz CT molecular complexity index is 1050. The average Bonchev–Trinajstić information content (AvgIpc) is 3.30. The van der Waals surface area contributed by atoms with E-state index < -0.39 is 5.91 Å². The number of nitrogens with zero attached hydrogens (tertiary/aromatic N) is 2. The summed E-state index contributed by atoms with van der Waals surface area (Å²) < 4.78 is 12.7. The second-order valence-corrected chi connectivity index (χ2v) is 6.32. The predicted molar refractivity (Wildman–Crippen MR) is 107 cm³/mol. The maximum atomic E-state index is 12.6. The van der Waals surface area contributed by atoms with Gasteiger partial charge in [-0.2, -0.15) is 5.26 Å². The van der Waals surface area contributed by atoms with Crippen LogP contribution in [0.2, 0.25) is 0 Å². The van der Waals surface area contributed by atoms with Crippen molar-refractivity contribution in [1.29, 1.82) is 5.26 Å². The number of aryl methyl sites for hydroxylation is 1. The number of nitrogens with one attached hydrogen (secondary N) is 1. The number of carbonyl (C=O) groups is 1. The summed E-state index contributed by atoms with van der Waals surface area (Å²) in [5.41, 5.74) is 3.31. The lowest BCUT2D eigenvalue weighted by atomic mass is 10.1. The fourth-order valence-electron chi connectivity index (χ4n) is 3.02. The molecule has 1 amide bonds. The van der Waals surface area contributed by atoms with Crippen molar-refractivity contribution in [2.24, 2.45) is 0 Å². The van der Waals surface area contributed by atoms with Gasteiger partial charge >= 0.3 is 0 Å². The fraction of sp³-hybridized carbons (Fsp3) is 0.182. The molecule has 0 bridgehead atoms. The van der Waals surface area contributed by atoms with Crippen LogP contribution in [0.15, 0.2) is 58.7 Å². The molecule has 0 aliphatic carbocycles. The zero-order valence-electron chi connectivity index (χ0n) is 16.0. The van der Waals surface area contributed by atoms with Crippen molar-refractivity contribution in [3.05, 3.63) is 77.0 Å². The summed E-state index contributed by atoms with van der Waals surface area (Å²) in [6.07, 6.45) is 3.24. The highest BCUT2D eigenvalue weighted by Crippen LogP contribution is 2.24. The van der Waals surface area contributed by atoms with Gasteiger partial charge < -0.3 is 19.0 Å². The smallest absolute Gasteiger partial charge is 0.266 e. The van der Waals surface area contributed by atoms with Gasteiger partial charge in [0.25, 0.3) is 5.91 Å². The topological polar surface area (TPSA) is 80.2 Å². The van der Waals surface area contributed by atoms with Crippen molar-refractivity contribution < 1.29 is 13.9 Å². The first-order chi connectivity index (χ1) is 13.5. The third kappa shape index (κ3) is 3.99. The molecular weight excluding hydrogens is 354 g/mol. The minimum absolute atomic E-state index is 0.0177. The zero-order valence-corrected chi connectivity index (χ0v) is 16.0. The number of para-hydroxylation sites is 2. The average molecular weight is 375 g/mol. The Morgan fingerprint density at radius 1 is 1.29 bits per heavy atom. The number of aromatic nitrogens is 1. The Morgan fingerprint density at radius 3 is 2.75 bits per heavy atom. The lowest BCUT2D eigenvalue weighted by molar-refractivity contribution is -0.112.